The second-order valence-corrected chi connectivity index (χ2v) is 5.09. The molecule has 23 heavy (non-hydrogen) atoms. The summed E-state index contributed by atoms with van der Waals surface area (Å²) in [6.45, 7) is 5.31. The maximum Gasteiger partial charge on any atom is 0.254 e. The number of rotatable bonds is 6. The Morgan fingerprint density at radius 3 is 2.13 bits per heavy atom. The molecule has 122 valence electrons. The van der Waals surface area contributed by atoms with Crippen LogP contribution in [-0.2, 0) is 0 Å². The van der Waals surface area contributed by atoms with Gasteiger partial charge in [-0.1, -0.05) is 18.2 Å². The first kappa shape index (κ1) is 16.9. The first-order valence-electron chi connectivity index (χ1n) is 7.76. The minimum absolute atomic E-state index is 0.0136. The first-order valence-corrected chi connectivity index (χ1v) is 7.76. The molecule has 0 unspecified atom stereocenters. The molecule has 4 heteroatoms. The summed E-state index contributed by atoms with van der Waals surface area (Å²) < 4.78 is 10.7. The van der Waals surface area contributed by atoms with Crippen molar-refractivity contribution in [3.8, 4) is 22.6 Å². The van der Waals surface area contributed by atoms with Gasteiger partial charge in [0, 0.05) is 18.7 Å². The van der Waals surface area contributed by atoms with Crippen LogP contribution >= 0.6 is 0 Å². The summed E-state index contributed by atoms with van der Waals surface area (Å²) in [4.78, 5) is 14.6. The number of carbonyl (C=O) groups excluding carboxylic acids is 1. The zero-order chi connectivity index (χ0) is 16.8. The van der Waals surface area contributed by atoms with E-state index in [1.165, 1.54) is 0 Å². The minimum atomic E-state index is 0.0136. The van der Waals surface area contributed by atoms with Crippen LogP contribution in [0.2, 0.25) is 0 Å². The Balaban J connectivity index is 2.57. The number of methoxy groups -OCH3 is 2. The molecule has 0 saturated heterocycles. The maximum absolute atomic E-state index is 12.8. The van der Waals surface area contributed by atoms with Crippen LogP contribution in [0.1, 0.15) is 24.2 Å². The van der Waals surface area contributed by atoms with Crippen molar-refractivity contribution in [1.82, 2.24) is 4.90 Å². The van der Waals surface area contributed by atoms with E-state index in [2.05, 4.69) is 0 Å². The molecule has 0 bridgehead atoms. The highest BCUT2D eigenvalue weighted by atomic mass is 16.5. The van der Waals surface area contributed by atoms with Gasteiger partial charge in [-0.3, -0.25) is 4.79 Å². The summed E-state index contributed by atoms with van der Waals surface area (Å²) in [6, 6.07) is 13.2. The summed E-state index contributed by atoms with van der Waals surface area (Å²) in [5, 5.41) is 0. The lowest BCUT2D eigenvalue weighted by molar-refractivity contribution is 0.0773. The first-order chi connectivity index (χ1) is 11.2. The van der Waals surface area contributed by atoms with Crippen molar-refractivity contribution in [2.24, 2.45) is 0 Å². The van der Waals surface area contributed by atoms with Crippen LogP contribution in [0.25, 0.3) is 11.1 Å². The lowest BCUT2D eigenvalue weighted by Crippen LogP contribution is -2.30. The highest BCUT2D eigenvalue weighted by molar-refractivity contribution is 6.02. The Hall–Kier alpha value is -2.49. The molecule has 0 aliphatic heterocycles. The van der Waals surface area contributed by atoms with Crippen molar-refractivity contribution in [2.75, 3.05) is 27.3 Å². The second-order valence-electron chi connectivity index (χ2n) is 5.09. The van der Waals surface area contributed by atoms with Crippen LogP contribution in [0, 0.1) is 0 Å². The normalized spacial score (nSPS) is 10.3. The van der Waals surface area contributed by atoms with Crippen LogP contribution < -0.4 is 9.47 Å². The van der Waals surface area contributed by atoms with Gasteiger partial charge in [-0.15, -0.1) is 0 Å². The molecule has 0 fully saturated rings. The summed E-state index contributed by atoms with van der Waals surface area (Å²) in [5.74, 6) is 1.48. The van der Waals surface area contributed by atoms with Gasteiger partial charge >= 0.3 is 0 Å². The minimum Gasteiger partial charge on any atom is -0.497 e. The Labute approximate surface area is 137 Å². The van der Waals surface area contributed by atoms with E-state index in [1.54, 1.807) is 14.2 Å². The predicted octanol–water partition coefficient (Wildman–Crippen LogP) is 3.85. The van der Waals surface area contributed by atoms with Crippen molar-refractivity contribution in [2.45, 2.75) is 13.8 Å². The van der Waals surface area contributed by atoms with E-state index < -0.39 is 0 Å². The van der Waals surface area contributed by atoms with Crippen LogP contribution in [0.5, 0.6) is 11.5 Å². The van der Waals surface area contributed by atoms with Gasteiger partial charge in [0.25, 0.3) is 5.91 Å². The van der Waals surface area contributed by atoms with E-state index in [4.69, 9.17) is 9.47 Å². The highest BCUT2D eigenvalue weighted by Crippen LogP contribution is 2.35. The molecule has 2 aromatic carbocycles. The number of benzene rings is 2. The van der Waals surface area contributed by atoms with E-state index in [9.17, 15) is 4.79 Å². The number of nitrogens with zero attached hydrogens (tertiary/aromatic N) is 1. The number of ether oxygens (including phenoxy) is 2. The molecule has 0 atom stereocenters. The molecule has 0 N–H and O–H groups in total. The van der Waals surface area contributed by atoms with Crippen molar-refractivity contribution in [3.63, 3.8) is 0 Å². The van der Waals surface area contributed by atoms with Gasteiger partial charge in [0.2, 0.25) is 0 Å². The third-order valence-electron chi connectivity index (χ3n) is 3.91. The molecule has 0 aliphatic carbocycles. The molecular weight excluding hydrogens is 290 g/mol. The summed E-state index contributed by atoms with van der Waals surface area (Å²) in [7, 11) is 3.25. The van der Waals surface area contributed by atoms with E-state index in [0.717, 1.165) is 16.9 Å². The van der Waals surface area contributed by atoms with Crippen molar-refractivity contribution in [1.29, 1.82) is 0 Å². The fourth-order valence-electron chi connectivity index (χ4n) is 2.62. The van der Waals surface area contributed by atoms with Crippen molar-refractivity contribution >= 4 is 5.91 Å². The molecule has 0 aliphatic rings. The van der Waals surface area contributed by atoms with Gasteiger partial charge in [-0.2, -0.15) is 0 Å². The van der Waals surface area contributed by atoms with Crippen molar-refractivity contribution in [3.05, 3.63) is 48.0 Å². The van der Waals surface area contributed by atoms with Crippen LogP contribution in [-0.4, -0.2) is 38.1 Å². The highest BCUT2D eigenvalue weighted by Gasteiger charge is 2.20. The number of hydrogen-bond donors (Lipinski definition) is 0. The van der Waals surface area contributed by atoms with Crippen LogP contribution in [0.15, 0.2) is 42.5 Å². The van der Waals surface area contributed by atoms with E-state index in [-0.39, 0.29) is 5.91 Å². The van der Waals surface area contributed by atoms with Gasteiger partial charge in [0.1, 0.15) is 11.5 Å². The Morgan fingerprint density at radius 2 is 1.61 bits per heavy atom. The van der Waals surface area contributed by atoms with Crippen LogP contribution in [0.4, 0.5) is 0 Å². The van der Waals surface area contributed by atoms with E-state index in [0.29, 0.717) is 24.4 Å². The Morgan fingerprint density at radius 1 is 0.957 bits per heavy atom. The fraction of sp³-hybridized carbons (Fsp3) is 0.316. The van der Waals surface area contributed by atoms with E-state index in [1.807, 2.05) is 61.2 Å². The third kappa shape index (κ3) is 3.47. The number of hydrogen-bond acceptors (Lipinski definition) is 3. The van der Waals surface area contributed by atoms with E-state index >= 15 is 0 Å². The summed E-state index contributed by atoms with van der Waals surface area (Å²) in [5.41, 5.74) is 2.39. The molecule has 2 aromatic rings. The zero-order valence-electron chi connectivity index (χ0n) is 14.1. The average Bonchev–Trinajstić information content (AvgIpc) is 2.62. The molecule has 0 aromatic heterocycles. The molecule has 4 nitrogen and oxygen atoms in total. The lowest BCUT2D eigenvalue weighted by Gasteiger charge is -2.21. The molecule has 0 radical (unpaired) electrons. The van der Waals surface area contributed by atoms with Gasteiger partial charge in [-0.25, -0.2) is 0 Å². The largest absolute Gasteiger partial charge is 0.497 e. The van der Waals surface area contributed by atoms with Gasteiger partial charge in [0.05, 0.1) is 19.8 Å². The topological polar surface area (TPSA) is 38.8 Å². The summed E-state index contributed by atoms with van der Waals surface area (Å²) >= 11 is 0. The van der Waals surface area contributed by atoms with Gasteiger partial charge in [-0.05, 0) is 43.7 Å². The van der Waals surface area contributed by atoms with Crippen molar-refractivity contribution < 1.29 is 14.3 Å². The second kappa shape index (κ2) is 7.68. The van der Waals surface area contributed by atoms with Gasteiger partial charge in [0.15, 0.2) is 0 Å². The molecule has 0 spiro atoms. The lowest BCUT2D eigenvalue weighted by atomic mass is 9.97. The third-order valence-corrected chi connectivity index (χ3v) is 3.91. The number of amides is 1. The molecule has 0 saturated carbocycles. The molecule has 1 amide bonds. The standard InChI is InChI=1S/C19H23NO3/c1-5-20(6-2)19(21)16-8-7-9-17(23-4)18(16)14-10-12-15(22-3)13-11-14/h7-13H,5-6H2,1-4H3. The smallest absolute Gasteiger partial charge is 0.254 e. The van der Waals surface area contributed by atoms with Crippen LogP contribution in [0.3, 0.4) is 0 Å². The molecule has 0 heterocycles. The average molecular weight is 313 g/mol. The number of carbonyl (C=O) groups is 1. The zero-order valence-corrected chi connectivity index (χ0v) is 14.1. The summed E-state index contributed by atoms with van der Waals surface area (Å²) in [6.07, 6.45) is 0. The van der Waals surface area contributed by atoms with Gasteiger partial charge < -0.3 is 14.4 Å². The Kier molecular flexibility index (Phi) is 5.63. The monoisotopic (exact) mass is 313 g/mol. The predicted molar refractivity (Wildman–Crippen MR) is 92.2 cm³/mol. The Bertz CT molecular complexity index is 661. The molecular formula is C19H23NO3. The SMILES string of the molecule is CCN(CC)C(=O)c1cccc(OC)c1-c1ccc(OC)cc1. The molecule has 2 rings (SSSR count). The fourth-order valence-corrected chi connectivity index (χ4v) is 2.62. The quantitative estimate of drug-likeness (QED) is 0.813. The maximum atomic E-state index is 12.8.